The number of carbonyl (C=O) groups is 13. The van der Waals surface area contributed by atoms with Gasteiger partial charge in [0.05, 0.1) is 88.0 Å². The second-order valence-corrected chi connectivity index (χ2v) is 28.8. The molecule has 0 radical (unpaired) electrons. The summed E-state index contributed by atoms with van der Waals surface area (Å²) in [5.74, 6) is 0.297. The van der Waals surface area contributed by atoms with Crippen molar-refractivity contribution in [1.29, 1.82) is 5.26 Å². The molecule has 6 aromatic heterocycles. The van der Waals surface area contributed by atoms with E-state index < -0.39 is 99.7 Å². The number of primary amides is 2. The average Bonchev–Trinajstić information content (AvgIpc) is 1.61. The van der Waals surface area contributed by atoms with E-state index in [0.717, 1.165) is 64.9 Å². The summed E-state index contributed by atoms with van der Waals surface area (Å²) >= 11 is 0. The molecule has 2 unspecified atom stereocenters. The summed E-state index contributed by atoms with van der Waals surface area (Å²) in [6, 6.07) is 7.73. The van der Waals surface area contributed by atoms with E-state index in [4.69, 9.17) is 27.8 Å². The minimum Gasteiger partial charge on any atom is -0.466 e. The molecule has 0 saturated heterocycles. The van der Waals surface area contributed by atoms with Crippen molar-refractivity contribution in [1.82, 2.24) is 58.3 Å². The van der Waals surface area contributed by atoms with Gasteiger partial charge < -0.3 is 74.9 Å². The number of hydrogen-bond donors (Lipinski definition) is 8. The van der Waals surface area contributed by atoms with Gasteiger partial charge in [-0.15, -0.1) is 11.8 Å². The van der Waals surface area contributed by atoms with Crippen LogP contribution < -0.4 is 44.1 Å². The zero-order valence-corrected chi connectivity index (χ0v) is 72.9. The maximum Gasteiger partial charge on any atom is 0.302 e. The summed E-state index contributed by atoms with van der Waals surface area (Å²) in [5.41, 5.74) is 9.92. The lowest BCUT2D eigenvalue weighted by atomic mass is 9.96. The molecule has 10 N–H and O–H groups in total. The van der Waals surface area contributed by atoms with Gasteiger partial charge in [-0.05, 0) is 108 Å². The molecule has 0 bridgehead atoms. The lowest BCUT2D eigenvalue weighted by Gasteiger charge is -2.19. The number of rotatable bonds is 48. The predicted octanol–water partition coefficient (Wildman–Crippen LogP) is 8.84. The van der Waals surface area contributed by atoms with E-state index in [1.807, 2.05) is 13.8 Å². The SMILES string of the molecule is C.C.C.C.C.CC#CC.CCC(CC)CCC(=O)Cn1cccc(CC(=O)[C@H](CCC(=O)C(N)=O)NC(=O)c2cncn2C)c1=O.CCC(CC)CCC(=O)Cn1cccc(CC(=O)[C@H](CCC(O)C#N)NC(=O)c2cncn2C)c1=O.CCC(CC)CCC(=O)Cn1cccc(CC(=O)[C@H](CCC(O)C(N)=O)NC(=O)c2cncn2C)c1=O.CCOC(C)=O.CO.[2H][2H].[2H][2H]. The fraction of sp³-hybridized carbons (Fsp3) is 0.565. The normalized spacial score (nSPS) is 11.4. The molecule has 0 aliphatic carbocycles. The summed E-state index contributed by atoms with van der Waals surface area (Å²) in [5, 5.41) is 43.1. The van der Waals surface area contributed by atoms with Crippen molar-refractivity contribution < 1.29 is 88.3 Å². The van der Waals surface area contributed by atoms with E-state index in [2.05, 4.69) is 89.0 Å². The molecular formula is C92H149N15O20. The molecule has 5 amide bonds. The van der Waals surface area contributed by atoms with Gasteiger partial charge in [-0.1, -0.05) is 135 Å². The van der Waals surface area contributed by atoms with Crippen LogP contribution in [0.2, 0.25) is 0 Å². The number of carbonyl (C=O) groups excluding carboxylic acids is 13. The number of aliphatic hydroxyl groups excluding tert-OH is 3. The minimum absolute atomic E-state index is 0. The van der Waals surface area contributed by atoms with Gasteiger partial charge >= 0.3 is 5.97 Å². The molecular weight excluding hydrogens is 1640 g/mol. The number of Topliss-reactive ketones (excluding diaryl/α,β-unsaturated/α-hetero) is 7. The number of aliphatic hydroxyl groups is 3. The van der Waals surface area contributed by atoms with Gasteiger partial charge in [0.25, 0.3) is 40.3 Å². The van der Waals surface area contributed by atoms with Gasteiger partial charge in [0.1, 0.15) is 29.3 Å². The van der Waals surface area contributed by atoms with Gasteiger partial charge in [-0.25, -0.2) is 15.0 Å². The van der Waals surface area contributed by atoms with Crippen LogP contribution in [0.25, 0.3) is 0 Å². The molecule has 0 aliphatic rings. The van der Waals surface area contributed by atoms with Crippen LogP contribution in [0.5, 0.6) is 0 Å². The first-order valence-corrected chi connectivity index (χ1v) is 40.8. The molecule has 6 heterocycles. The van der Waals surface area contributed by atoms with Gasteiger partial charge in [0, 0.05) is 121 Å². The van der Waals surface area contributed by atoms with Crippen molar-refractivity contribution in [3.8, 4) is 17.9 Å². The van der Waals surface area contributed by atoms with Gasteiger partial charge in [-0.2, -0.15) is 5.26 Å². The first-order valence-electron chi connectivity index (χ1n) is 42.8. The Morgan fingerprint density at radius 3 is 0.992 bits per heavy atom. The average molecular weight is 1790 g/mol. The van der Waals surface area contributed by atoms with Gasteiger partial charge in [0.15, 0.2) is 34.7 Å². The highest BCUT2D eigenvalue weighted by atomic mass is 16.5. The lowest BCUT2D eigenvalue weighted by molar-refractivity contribution is -0.140. The smallest absolute Gasteiger partial charge is 0.302 e. The van der Waals surface area contributed by atoms with Crippen LogP contribution in [-0.4, -0.2) is 178 Å². The number of nitriles is 1. The monoisotopic (exact) mass is 1790 g/mol. The number of pyridine rings is 3. The number of hydrogen-bond acceptors (Lipinski definition) is 24. The van der Waals surface area contributed by atoms with E-state index in [1.54, 1.807) is 52.3 Å². The van der Waals surface area contributed by atoms with E-state index in [1.165, 1.54) is 109 Å². The molecule has 0 fully saturated rings. The van der Waals surface area contributed by atoms with E-state index in [-0.39, 0.29) is 172 Å². The summed E-state index contributed by atoms with van der Waals surface area (Å²) in [4.78, 5) is 209. The second-order valence-electron chi connectivity index (χ2n) is 28.8. The maximum absolute atomic E-state index is 13.2. The number of nitrogens with zero attached hydrogens (tertiary/aromatic N) is 10. The fourth-order valence-electron chi connectivity index (χ4n) is 12.3. The molecule has 0 aromatic carbocycles. The Morgan fingerprint density at radius 2 is 0.764 bits per heavy atom. The largest absolute Gasteiger partial charge is 0.466 e. The van der Waals surface area contributed by atoms with E-state index >= 15 is 0 Å². The van der Waals surface area contributed by atoms with Crippen LogP contribution in [-0.2, 0) is 113 Å². The first kappa shape index (κ1) is 119. The van der Waals surface area contributed by atoms with E-state index in [9.17, 15) is 86.9 Å². The Labute approximate surface area is 755 Å². The van der Waals surface area contributed by atoms with E-state index in [0.29, 0.717) is 43.6 Å². The van der Waals surface area contributed by atoms with Crippen molar-refractivity contribution in [3.63, 3.8) is 0 Å². The van der Waals surface area contributed by atoms with Gasteiger partial charge in [0.2, 0.25) is 11.7 Å². The third-order valence-corrected chi connectivity index (χ3v) is 20.1. The Hall–Kier alpha value is -12.1. The lowest BCUT2D eigenvalue weighted by Crippen LogP contribution is -2.44. The summed E-state index contributed by atoms with van der Waals surface area (Å²) in [6.45, 7) is 19.6. The maximum atomic E-state index is 13.2. The third-order valence-electron chi connectivity index (χ3n) is 20.1. The second kappa shape index (κ2) is 68.2. The predicted molar refractivity (Wildman–Crippen MR) is 493 cm³/mol. The van der Waals surface area contributed by atoms with Crippen molar-refractivity contribution in [2.45, 2.75) is 291 Å². The van der Waals surface area contributed by atoms with Crippen LogP contribution >= 0.6 is 0 Å². The number of amides is 5. The molecule has 712 valence electrons. The topological polar surface area (TPSA) is 523 Å². The first-order chi connectivity index (χ1) is 60.0. The highest BCUT2D eigenvalue weighted by Crippen LogP contribution is 2.19. The van der Waals surface area contributed by atoms with Crippen molar-refractivity contribution >= 4 is 76.0 Å². The number of ether oxygens (including phenoxy) is 1. The standard InChI is InChI=1S/C26H37N5O6.C26H35N5O6.C26H35N5O5.C4H8O2.C4H6.CH4O.5CH4.2H2/c2*1-4-17(5-2)8-9-19(32)15-31-12-6-7-18(26(31)37)13-23(34)20(10-11-22(33)24(27)35)29-25(36)21-14-28-16-30(21)3;1-4-18(5-2)8-9-21(33)16-31-12-6-7-19(26(31)36)13-24(34)22(11-10-20(32)14-27)29-25(35)23-15-28-17-30(23)3;1-3-6-4(2)5;1-3-4-2;1-2;;;;;;;/h6-7,12,14,16-17,20,22,33H,4-5,8-11,13,15H2,1-3H3,(H2,27,35)(H,29,36);6-7,12,14,16-17,20H,4-5,8-11,13,15H2,1-3H3,(H2,27,35)(H,29,36);6-7,12,15,17-18,20,22,32H,4-5,8-11,13,16H2,1-3H3,(H,29,35);3H2,1-2H3;1-2H3;2H,1H3;5*1H4;2*1H/t20-,22?;20-;20?,22-;;;;;;;;;;/m000........../s1/i;;;;;;;;;;;2*1+1D. The van der Waals surface area contributed by atoms with Crippen LogP contribution in [0.3, 0.4) is 0 Å². The molecule has 35 heteroatoms. The highest BCUT2D eigenvalue weighted by Gasteiger charge is 2.30. The minimum atomic E-state index is -1.48. The Bertz CT molecular complexity index is 4690. The van der Waals surface area contributed by atoms with Crippen LogP contribution in [0.4, 0.5) is 0 Å². The number of esters is 1. The zero-order valence-electron chi connectivity index (χ0n) is 76.9. The number of ketones is 7. The summed E-state index contributed by atoms with van der Waals surface area (Å²) < 4.78 is 32.7. The third kappa shape index (κ3) is 46.1. The fourth-order valence-corrected chi connectivity index (χ4v) is 12.3. The molecule has 35 nitrogen and oxygen atoms in total. The summed E-state index contributed by atoms with van der Waals surface area (Å²) in [6.07, 6.45) is 17.9. The molecule has 0 saturated carbocycles. The zero-order chi connectivity index (χ0) is 96.1. The number of aromatic nitrogens is 9. The van der Waals surface area contributed by atoms with Crippen molar-refractivity contribution in [2.75, 3.05) is 13.7 Å². The molecule has 127 heavy (non-hydrogen) atoms. The molecule has 0 aliphatic heterocycles. The summed E-state index contributed by atoms with van der Waals surface area (Å²) in [7, 11) is 5.86. The van der Waals surface area contributed by atoms with Crippen molar-refractivity contribution in [3.05, 3.63) is 157 Å². The number of nitrogens with two attached hydrogens (primary N) is 2. The highest BCUT2D eigenvalue weighted by molar-refractivity contribution is 6.35. The number of imidazole rings is 3. The molecule has 0 spiro atoms. The number of aryl methyl sites for hydroxylation is 3. The van der Waals surface area contributed by atoms with Crippen LogP contribution in [0, 0.1) is 40.9 Å². The Morgan fingerprint density at radius 1 is 0.472 bits per heavy atom. The van der Waals surface area contributed by atoms with Crippen molar-refractivity contribution in [2.24, 2.45) is 50.4 Å². The molecule has 5 atom stereocenters. The van der Waals surface area contributed by atoms with Crippen LogP contribution in [0.1, 0.15) is 276 Å². The molecule has 6 aromatic rings. The molecule has 6 rings (SSSR count). The number of nitrogens with one attached hydrogen (secondary N) is 3. The van der Waals surface area contributed by atoms with Crippen LogP contribution in [0.15, 0.2) is 107 Å². The Kier molecular flexibility index (Phi) is 64.0. The van der Waals surface area contributed by atoms with Gasteiger partial charge in [-0.3, -0.25) is 76.7 Å². The quantitative estimate of drug-likeness (QED) is 0.00765. The Balaban J connectivity index is -0.000000319.